The summed E-state index contributed by atoms with van der Waals surface area (Å²) in [7, 11) is 0. The number of aromatic amines is 1. The van der Waals surface area contributed by atoms with E-state index in [1.54, 1.807) is 36.7 Å². The fraction of sp³-hybridized carbons (Fsp3) is 0.167. The van der Waals surface area contributed by atoms with E-state index in [0.29, 0.717) is 23.5 Å². The van der Waals surface area contributed by atoms with Crippen molar-refractivity contribution in [3.05, 3.63) is 90.0 Å². The van der Waals surface area contributed by atoms with Gasteiger partial charge in [-0.3, -0.25) is 9.89 Å². The van der Waals surface area contributed by atoms with Crippen molar-refractivity contribution in [1.82, 2.24) is 25.5 Å². The number of rotatable bonds is 8. The molecule has 0 fully saturated rings. The van der Waals surface area contributed by atoms with Gasteiger partial charge in [-0.15, -0.1) is 0 Å². The van der Waals surface area contributed by atoms with Gasteiger partial charge in [0.15, 0.2) is 0 Å². The molecule has 0 spiro atoms. The normalized spacial score (nSPS) is 11.8. The number of nitrogens with zero attached hydrogens (tertiary/aromatic N) is 3. The Morgan fingerprint density at radius 3 is 2.55 bits per heavy atom. The number of aromatic nitrogens is 4. The second-order valence-electron chi connectivity index (χ2n) is 7.39. The summed E-state index contributed by atoms with van der Waals surface area (Å²) in [6.07, 6.45) is 3.79. The molecule has 2 heterocycles. The van der Waals surface area contributed by atoms with Gasteiger partial charge in [-0.25, -0.2) is 18.7 Å². The third-order valence-corrected chi connectivity index (χ3v) is 5.11. The van der Waals surface area contributed by atoms with Crippen LogP contribution in [0.15, 0.2) is 67.0 Å². The van der Waals surface area contributed by atoms with E-state index in [2.05, 4.69) is 25.5 Å². The summed E-state index contributed by atoms with van der Waals surface area (Å²) in [5, 5.41) is 19.2. The number of hydrogen-bond acceptors (Lipinski definition) is 5. The van der Waals surface area contributed by atoms with E-state index in [9.17, 15) is 18.7 Å². The maximum atomic E-state index is 14.8. The number of hydrogen-bond donors (Lipinski definition) is 3. The number of carbonyl (C=O) groups excluding carboxylic acids is 1. The first-order chi connectivity index (χ1) is 16.0. The number of halogens is 2. The van der Waals surface area contributed by atoms with Gasteiger partial charge < -0.3 is 10.4 Å². The van der Waals surface area contributed by atoms with E-state index in [-0.39, 0.29) is 35.7 Å². The predicted molar refractivity (Wildman–Crippen MR) is 118 cm³/mol. The first-order valence-corrected chi connectivity index (χ1v) is 10.3. The Bertz CT molecular complexity index is 1230. The van der Waals surface area contributed by atoms with Crippen molar-refractivity contribution in [1.29, 1.82) is 0 Å². The lowest BCUT2D eigenvalue weighted by Gasteiger charge is -2.18. The first kappa shape index (κ1) is 22.2. The summed E-state index contributed by atoms with van der Waals surface area (Å²) in [6, 6.07) is 12.8. The van der Waals surface area contributed by atoms with Crippen LogP contribution in [0, 0.1) is 11.6 Å². The van der Waals surface area contributed by atoms with Gasteiger partial charge in [0.05, 0.1) is 22.5 Å². The van der Waals surface area contributed by atoms with Crippen molar-refractivity contribution in [2.75, 3.05) is 6.61 Å². The molecule has 168 valence electrons. The number of nitrogens with one attached hydrogen (secondary N) is 2. The van der Waals surface area contributed by atoms with E-state index in [0.717, 1.165) is 0 Å². The summed E-state index contributed by atoms with van der Waals surface area (Å²) in [5.41, 5.74) is 1.60. The lowest BCUT2D eigenvalue weighted by molar-refractivity contribution is 0.0930. The summed E-state index contributed by atoms with van der Waals surface area (Å²) in [4.78, 5) is 21.4. The van der Waals surface area contributed by atoms with Crippen molar-refractivity contribution in [2.45, 2.75) is 18.9 Å². The first-order valence-electron chi connectivity index (χ1n) is 10.3. The number of amides is 1. The molecular formula is C24H21F2N5O2. The molecule has 9 heteroatoms. The van der Waals surface area contributed by atoms with Gasteiger partial charge in [0, 0.05) is 31.5 Å². The average molecular weight is 449 g/mol. The van der Waals surface area contributed by atoms with Crippen molar-refractivity contribution in [3.63, 3.8) is 0 Å². The van der Waals surface area contributed by atoms with Gasteiger partial charge in [-0.2, -0.15) is 5.10 Å². The van der Waals surface area contributed by atoms with Crippen LogP contribution in [0.1, 0.15) is 22.6 Å². The second kappa shape index (κ2) is 10.1. The van der Waals surface area contributed by atoms with Crippen LogP contribution in [0.3, 0.4) is 0 Å². The Morgan fingerprint density at radius 1 is 1.06 bits per heavy atom. The minimum Gasteiger partial charge on any atom is -0.396 e. The van der Waals surface area contributed by atoms with Gasteiger partial charge in [-0.05, 0) is 60.5 Å². The molecule has 0 aliphatic heterocycles. The molecule has 4 rings (SSSR count). The molecule has 2 aromatic heterocycles. The van der Waals surface area contributed by atoms with Crippen LogP contribution < -0.4 is 5.32 Å². The van der Waals surface area contributed by atoms with Crippen molar-refractivity contribution < 1.29 is 18.7 Å². The molecule has 33 heavy (non-hydrogen) atoms. The maximum Gasteiger partial charge on any atom is 0.252 e. The Balaban J connectivity index is 1.61. The van der Waals surface area contributed by atoms with Crippen LogP contribution in [-0.4, -0.2) is 43.8 Å². The van der Waals surface area contributed by atoms with E-state index >= 15 is 0 Å². The number of H-pyrrole nitrogens is 1. The molecule has 1 amide bonds. The number of aliphatic hydroxyl groups excluding tert-OH is 1. The van der Waals surface area contributed by atoms with Gasteiger partial charge >= 0.3 is 0 Å². The van der Waals surface area contributed by atoms with Crippen molar-refractivity contribution in [2.24, 2.45) is 0 Å². The van der Waals surface area contributed by atoms with Crippen LogP contribution in [0.2, 0.25) is 0 Å². The van der Waals surface area contributed by atoms with Gasteiger partial charge in [0.1, 0.15) is 17.5 Å². The lowest BCUT2D eigenvalue weighted by Crippen LogP contribution is -2.38. The minimum absolute atomic E-state index is 0.0401. The van der Waals surface area contributed by atoms with Crippen LogP contribution in [-0.2, 0) is 6.42 Å². The zero-order valence-corrected chi connectivity index (χ0v) is 17.5. The van der Waals surface area contributed by atoms with Gasteiger partial charge in [0.25, 0.3) is 5.91 Å². The highest BCUT2D eigenvalue weighted by atomic mass is 19.1. The van der Waals surface area contributed by atoms with Crippen LogP contribution >= 0.6 is 0 Å². The molecule has 3 N–H and O–H groups in total. The SMILES string of the molecule is O=C(N[C@@H](CCO)Cc1ncccn1)c1cccc(F)c1-c1cc(-c2ccc(F)cc2)[nH]n1. The van der Waals surface area contributed by atoms with Gasteiger partial charge in [-0.1, -0.05) is 6.07 Å². The Morgan fingerprint density at radius 2 is 1.82 bits per heavy atom. The molecule has 0 unspecified atom stereocenters. The van der Waals surface area contributed by atoms with Crippen LogP contribution in [0.4, 0.5) is 8.78 Å². The van der Waals surface area contributed by atoms with Crippen molar-refractivity contribution >= 4 is 5.91 Å². The van der Waals surface area contributed by atoms with E-state index < -0.39 is 17.8 Å². The fourth-order valence-corrected chi connectivity index (χ4v) is 3.50. The van der Waals surface area contributed by atoms with E-state index in [1.807, 2.05) is 0 Å². The lowest BCUT2D eigenvalue weighted by atomic mass is 10.0. The van der Waals surface area contributed by atoms with Crippen LogP contribution in [0.5, 0.6) is 0 Å². The highest BCUT2D eigenvalue weighted by Crippen LogP contribution is 2.29. The molecule has 2 aromatic carbocycles. The summed E-state index contributed by atoms with van der Waals surface area (Å²) >= 11 is 0. The van der Waals surface area contributed by atoms with Crippen molar-refractivity contribution in [3.8, 4) is 22.5 Å². The largest absolute Gasteiger partial charge is 0.396 e. The van der Waals surface area contributed by atoms with Gasteiger partial charge in [0.2, 0.25) is 0 Å². The monoisotopic (exact) mass is 449 g/mol. The Kier molecular flexibility index (Phi) is 6.80. The molecule has 7 nitrogen and oxygen atoms in total. The molecule has 0 aliphatic rings. The molecule has 0 bridgehead atoms. The molecule has 0 aliphatic carbocycles. The summed E-state index contributed by atoms with van der Waals surface area (Å²) in [6.45, 7) is -0.145. The zero-order valence-electron chi connectivity index (χ0n) is 17.5. The molecular weight excluding hydrogens is 428 g/mol. The number of benzene rings is 2. The predicted octanol–water partition coefficient (Wildman–Crippen LogP) is 3.54. The third-order valence-electron chi connectivity index (χ3n) is 5.11. The average Bonchev–Trinajstić information content (AvgIpc) is 3.30. The molecule has 4 aromatic rings. The van der Waals surface area contributed by atoms with E-state index in [1.165, 1.54) is 30.3 Å². The quantitative estimate of drug-likeness (QED) is 0.382. The Labute approximate surface area is 188 Å². The zero-order chi connectivity index (χ0) is 23.2. The van der Waals surface area contributed by atoms with E-state index in [4.69, 9.17) is 0 Å². The maximum absolute atomic E-state index is 14.8. The smallest absolute Gasteiger partial charge is 0.252 e. The summed E-state index contributed by atoms with van der Waals surface area (Å²) < 4.78 is 28.1. The fourth-order valence-electron chi connectivity index (χ4n) is 3.50. The minimum atomic E-state index is -0.607. The highest BCUT2D eigenvalue weighted by molar-refractivity contribution is 6.01. The molecule has 1 atom stereocenters. The highest BCUT2D eigenvalue weighted by Gasteiger charge is 2.22. The molecule has 0 saturated carbocycles. The molecule has 0 radical (unpaired) electrons. The summed E-state index contributed by atoms with van der Waals surface area (Å²) in [5.74, 6) is -0.966. The number of aliphatic hydroxyl groups is 1. The second-order valence-corrected chi connectivity index (χ2v) is 7.39. The number of carbonyl (C=O) groups is 1. The Hall–Kier alpha value is -3.98. The van der Waals surface area contributed by atoms with Crippen LogP contribution in [0.25, 0.3) is 22.5 Å². The standard InChI is InChI=1S/C24H21F2N5O2/c25-16-7-5-15(6-8-16)20-14-21(31-30-20)23-18(3-1-4-19(23)26)24(33)29-17(9-12-32)13-22-27-10-2-11-28-22/h1-8,10-11,14,17,32H,9,12-13H2,(H,29,33)(H,30,31)/t17-/m0/s1. The topological polar surface area (TPSA) is 104 Å². The molecule has 0 saturated heterocycles. The third kappa shape index (κ3) is 5.27.